The lowest BCUT2D eigenvalue weighted by Crippen LogP contribution is -2.39. The predicted octanol–water partition coefficient (Wildman–Crippen LogP) is 2.34. The number of ether oxygens (including phenoxy) is 2. The lowest BCUT2D eigenvalue weighted by Gasteiger charge is -2.17. The average Bonchev–Trinajstić information content (AvgIpc) is 2.68. The van der Waals surface area contributed by atoms with Crippen LogP contribution < -0.4 is 14.8 Å². The van der Waals surface area contributed by atoms with Crippen molar-refractivity contribution in [3.63, 3.8) is 0 Å². The molecule has 1 amide bonds. The molecule has 9 heteroatoms. The molecule has 0 heterocycles. The number of likely N-dealkylation sites (N-methyl/N-ethyl adjacent to an activating group) is 1. The number of nitrogens with zero attached hydrogens (tertiary/aromatic N) is 1. The fourth-order valence-electron chi connectivity index (χ4n) is 2.51. The van der Waals surface area contributed by atoms with E-state index in [1.165, 1.54) is 31.3 Å². The molecule has 0 bridgehead atoms. The summed E-state index contributed by atoms with van der Waals surface area (Å²) >= 11 is 5.78. The molecule has 7 nitrogen and oxygen atoms in total. The van der Waals surface area contributed by atoms with Crippen molar-refractivity contribution in [3.05, 3.63) is 53.1 Å². The van der Waals surface area contributed by atoms with E-state index < -0.39 is 10.0 Å². The van der Waals surface area contributed by atoms with Gasteiger partial charge in [-0.25, -0.2) is 8.42 Å². The van der Waals surface area contributed by atoms with Crippen molar-refractivity contribution in [1.29, 1.82) is 0 Å². The van der Waals surface area contributed by atoms with Crippen molar-refractivity contribution in [2.75, 3.05) is 34.4 Å². The van der Waals surface area contributed by atoms with Crippen molar-refractivity contribution in [2.45, 2.75) is 11.3 Å². The van der Waals surface area contributed by atoms with E-state index in [1.807, 2.05) is 12.1 Å². The van der Waals surface area contributed by atoms with Crippen LogP contribution in [0.4, 0.5) is 0 Å². The van der Waals surface area contributed by atoms with Crippen LogP contribution in [-0.2, 0) is 21.2 Å². The molecule has 0 saturated carbocycles. The molecule has 0 saturated heterocycles. The molecule has 0 aliphatic heterocycles. The summed E-state index contributed by atoms with van der Waals surface area (Å²) in [4.78, 5) is 12.2. The van der Waals surface area contributed by atoms with Gasteiger partial charge >= 0.3 is 0 Å². The molecule has 0 aliphatic rings. The Bertz CT molecular complexity index is 916. The Labute approximate surface area is 170 Å². The minimum absolute atomic E-state index is 0.0810. The molecule has 152 valence electrons. The molecule has 0 unspecified atom stereocenters. The first-order valence-corrected chi connectivity index (χ1v) is 10.3. The minimum Gasteiger partial charge on any atom is -0.493 e. The number of nitrogens with one attached hydrogen (secondary N) is 1. The molecule has 1 N–H and O–H groups in total. The van der Waals surface area contributed by atoms with Crippen molar-refractivity contribution in [1.82, 2.24) is 9.62 Å². The van der Waals surface area contributed by atoms with Gasteiger partial charge in [0.15, 0.2) is 11.5 Å². The van der Waals surface area contributed by atoms with E-state index >= 15 is 0 Å². The van der Waals surface area contributed by atoms with Gasteiger partial charge in [0, 0.05) is 18.6 Å². The fourth-order valence-corrected chi connectivity index (χ4v) is 3.77. The third kappa shape index (κ3) is 5.60. The van der Waals surface area contributed by atoms with Gasteiger partial charge in [0.1, 0.15) is 0 Å². The van der Waals surface area contributed by atoms with Crippen LogP contribution in [0.25, 0.3) is 0 Å². The van der Waals surface area contributed by atoms with Gasteiger partial charge in [-0.15, -0.1) is 0 Å². The van der Waals surface area contributed by atoms with Crippen LogP contribution >= 0.6 is 11.6 Å². The maximum atomic E-state index is 12.5. The maximum Gasteiger partial charge on any atom is 0.243 e. The summed E-state index contributed by atoms with van der Waals surface area (Å²) in [5.74, 6) is 0.852. The zero-order valence-electron chi connectivity index (χ0n) is 15.9. The first-order chi connectivity index (χ1) is 13.3. The van der Waals surface area contributed by atoms with Gasteiger partial charge in [-0.1, -0.05) is 17.7 Å². The molecule has 0 spiro atoms. The summed E-state index contributed by atoms with van der Waals surface area (Å²) in [6.45, 7) is 0.0834. The number of sulfonamides is 1. The molecule has 2 aromatic rings. The number of halogens is 1. The Balaban J connectivity index is 1.89. The van der Waals surface area contributed by atoms with Crippen molar-refractivity contribution >= 4 is 27.5 Å². The van der Waals surface area contributed by atoms with Crippen LogP contribution in [-0.4, -0.2) is 53.0 Å². The molecular weight excluding hydrogens is 404 g/mol. The summed E-state index contributed by atoms with van der Waals surface area (Å²) in [5.41, 5.74) is 0.958. The zero-order chi connectivity index (χ0) is 20.7. The first kappa shape index (κ1) is 22.0. The lowest BCUT2D eigenvalue weighted by atomic mass is 10.1. The SMILES string of the molecule is COc1ccc(CCNC(=O)CN(C)S(=O)(=O)c2ccc(Cl)cc2)cc1OC. The Morgan fingerprint density at radius 1 is 1.07 bits per heavy atom. The molecule has 2 rings (SSSR count). The Morgan fingerprint density at radius 2 is 1.71 bits per heavy atom. The van der Waals surface area contributed by atoms with E-state index in [9.17, 15) is 13.2 Å². The van der Waals surface area contributed by atoms with Crippen LogP contribution in [0.15, 0.2) is 47.4 Å². The summed E-state index contributed by atoms with van der Waals surface area (Å²) in [5, 5.41) is 3.16. The second kappa shape index (κ2) is 9.77. The molecule has 0 aliphatic carbocycles. The van der Waals surface area contributed by atoms with Crippen LogP contribution in [0.5, 0.6) is 11.5 Å². The lowest BCUT2D eigenvalue weighted by molar-refractivity contribution is -0.121. The van der Waals surface area contributed by atoms with Crippen molar-refractivity contribution in [2.24, 2.45) is 0 Å². The van der Waals surface area contributed by atoms with Gasteiger partial charge in [-0.2, -0.15) is 4.31 Å². The second-order valence-corrected chi connectivity index (χ2v) is 8.49. The number of hydrogen-bond donors (Lipinski definition) is 1. The van der Waals surface area contributed by atoms with Crippen LogP contribution in [0.3, 0.4) is 0 Å². The molecule has 0 radical (unpaired) electrons. The second-order valence-electron chi connectivity index (χ2n) is 6.00. The van der Waals surface area contributed by atoms with Gasteiger partial charge in [-0.05, 0) is 48.4 Å². The van der Waals surface area contributed by atoms with Crippen molar-refractivity contribution in [3.8, 4) is 11.5 Å². The smallest absolute Gasteiger partial charge is 0.243 e. The normalized spacial score (nSPS) is 11.3. The standard InChI is InChI=1S/C19H23ClN2O5S/c1-22(28(24,25)16-7-5-15(20)6-8-16)13-19(23)21-11-10-14-4-9-17(26-2)18(12-14)27-3/h4-9,12H,10-11,13H2,1-3H3,(H,21,23). The van der Waals surface area contributed by atoms with E-state index in [0.29, 0.717) is 29.5 Å². The van der Waals surface area contributed by atoms with E-state index in [2.05, 4.69) is 5.32 Å². The van der Waals surface area contributed by atoms with Gasteiger partial charge in [0.05, 0.1) is 25.7 Å². The van der Waals surface area contributed by atoms with Crippen LogP contribution in [0.2, 0.25) is 5.02 Å². The van der Waals surface area contributed by atoms with Crippen LogP contribution in [0, 0.1) is 0 Å². The van der Waals surface area contributed by atoms with Crippen molar-refractivity contribution < 1.29 is 22.7 Å². The average molecular weight is 427 g/mol. The van der Waals surface area contributed by atoms with E-state index in [1.54, 1.807) is 20.3 Å². The monoisotopic (exact) mass is 426 g/mol. The summed E-state index contributed by atoms with van der Waals surface area (Å²) < 4.78 is 36.4. The van der Waals surface area contributed by atoms with Crippen LogP contribution in [0.1, 0.15) is 5.56 Å². The highest BCUT2D eigenvalue weighted by Crippen LogP contribution is 2.27. The summed E-state index contributed by atoms with van der Waals surface area (Å²) in [6, 6.07) is 11.3. The molecule has 0 fully saturated rings. The fraction of sp³-hybridized carbons (Fsp3) is 0.316. The van der Waals surface area contributed by atoms with E-state index in [4.69, 9.17) is 21.1 Å². The highest BCUT2D eigenvalue weighted by Gasteiger charge is 2.22. The maximum absolute atomic E-state index is 12.5. The highest BCUT2D eigenvalue weighted by molar-refractivity contribution is 7.89. The molecule has 0 aromatic heterocycles. The summed E-state index contributed by atoms with van der Waals surface area (Å²) in [7, 11) is 0.715. The summed E-state index contributed by atoms with van der Waals surface area (Å²) in [6.07, 6.45) is 0.569. The zero-order valence-corrected chi connectivity index (χ0v) is 17.5. The highest BCUT2D eigenvalue weighted by atomic mass is 35.5. The molecule has 28 heavy (non-hydrogen) atoms. The van der Waals surface area contributed by atoms with E-state index in [-0.39, 0.29) is 17.3 Å². The van der Waals surface area contributed by atoms with E-state index in [0.717, 1.165) is 9.87 Å². The Morgan fingerprint density at radius 3 is 2.32 bits per heavy atom. The Hall–Kier alpha value is -2.29. The van der Waals surface area contributed by atoms with Gasteiger partial charge in [0.2, 0.25) is 15.9 Å². The Kier molecular flexibility index (Phi) is 7.68. The molecular formula is C19H23ClN2O5S. The molecule has 2 aromatic carbocycles. The van der Waals surface area contributed by atoms with Gasteiger partial charge < -0.3 is 14.8 Å². The third-order valence-corrected chi connectivity index (χ3v) is 6.14. The molecule has 0 atom stereocenters. The number of amides is 1. The quantitative estimate of drug-likeness (QED) is 0.665. The number of carbonyl (C=O) groups is 1. The predicted molar refractivity (Wildman–Crippen MR) is 108 cm³/mol. The minimum atomic E-state index is -3.76. The number of carbonyl (C=O) groups excluding carboxylic acids is 1. The van der Waals surface area contributed by atoms with Gasteiger partial charge in [-0.3, -0.25) is 4.79 Å². The largest absolute Gasteiger partial charge is 0.493 e. The first-order valence-electron chi connectivity index (χ1n) is 8.47. The topological polar surface area (TPSA) is 84.9 Å². The number of methoxy groups -OCH3 is 2. The number of rotatable bonds is 9. The third-order valence-electron chi connectivity index (χ3n) is 4.07. The number of hydrogen-bond acceptors (Lipinski definition) is 5. The number of benzene rings is 2. The van der Waals surface area contributed by atoms with Gasteiger partial charge in [0.25, 0.3) is 0 Å².